The number of carboxylic acids is 1. The maximum Gasteiger partial charge on any atom is 0.305 e. The van der Waals surface area contributed by atoms with Gasteiger partial charge < -0.3 is 10.0 Å². The average molecular weight is 197 g/mol. The molecule has 5 heteroatoms. The Balaban J connectivity index is 2.61. The number of H-pyrrole nitrogens is 1. The highest BCUT2D eigenvalue weighted by Gasteiger charge is 2.12. The van der Waals surface area contributed by atoms with Gasteiger partial charge in [0, 0.05) is 18.8 Å². The molecule has 0 unspecified atom stereocenters. The summed E-state index contributed by atoms with van der Waals surface area (Å²) in [5, 5.41) is 15.1. The van der Waals surface area contributed by atoms with Crippen molar-refractivity contribution in [1.82, 2.24) is 10.2 Å². The molecular formula is C9H15N3O2. The zero-order valence-corrected chi connectivity index (χ0v) is 8.40. The third-order valence-corrected chi connectivity index (χ3v) is 2.01. The maximum atomic E-state index is 10.4. The number of aromatic nitrogens is 2. The molecule has 1 aromatic heterocycles. The quantitative estimate of drug-likeness (QED) is 0.741. The largest absolute Gasteiger partial charge is 0.481 e. The van der Waals surface area contributed by atoms with Crippen LogP contribution in [0.3, 0.4) is 0 Å². The van der Waals surface area contributed by atoms with Gasteiger partial charge in [-0.05, 0) is 13.8 Å². The predicted molar refractivity (Wildman–Crippen MR) is 53.3 cm³/mol. The molecule has 0 spiro atoms. The summed E-state index contributed by atoms with van der Waals surface area (Å²) in [7, 11) is 0. The number of hydrogen-bond acceptors (Lipinski definition) is 3. The van der Waals surface area contributed by atoms with Gasteiger partial charge in [0.1, 0.15) is 0 Å². The molecule has 0 atom stereocenters. The van der Waals surface area contributed by atoms with Crippen molar-refractivity contribution in [3.05, 3.63) is 12.4 Å². The third kappa shape index (κ3) is 2.76. The smallest absolute Gasteiger partial charge is 0.305 e. The molecule has 0 radical (unpaired) electrons. The Bertz CT molecular complexity index is 282. The van der Waals surface area contributed by atoms with Crippen molar-refractivity contribution >= 4 is 11.7 Å². The van der Waals surface area contributed by atoms with Crippen LogP contribution in [0.1, 0.15) is 20.3 Å². The van der Waals surface area contributed by atoms with E-state index in [2.05, 4.69) is 10.2 Å². The lowest BCUT2D eigenvalue weighted by molar-refractivity contribution is -0.136. The third-order valence-electron chi connectivity index (χ3n) is 2.01. The first-order chi connectivity index (χ1) is 6.61. The van der Waals surface area contributed by atoms with Crippen LogP contribution in [0.5, 0.6) is 0 Å². The second-order valence-electron chi connectivity index (χ2n) is 3.39. The van der Waals surface area contributed by atoms with Crippen molar-refractivity contribution in [2.45, 2.75) is 26.3 Å². The van der Waals surface area contributed by atoms with E-state index in [1.54, 1.807) is 12.4 Å². The summed E-state index contributed by atoms with van der Waals surface area (Å²) in [5.41, 5.74) is 0.932. The maximum absolute atomic E-state index is 10.4. The van der Waals surface area contributed by atoms with Crippen molar-refractivity contribution in [3.8, 4) is 0 Å². The molecule has 0 aliphatic rings. The summed E-state index contributed by atoms with van der Waals surface area (Å²) < 4.78 is 0. The molecule has 1 heterocycles. The molecule has 0 fully saturated rings. The van der Waals surface area contributed by atoms with E-state index < -0.39 is 5.97 Å². The number of rotatable bonds is 5. The molecule has 0 aliphatic carbocycles. The normalized spacial score (nSPS) is 10.5. The molecule has 0 aromatic carbocycles. The van der Waals surface area contributed by atoms with Crippen LogP contribution in [-0.2, 0) is 4.79 Å². The highest BCUT2D eigenvalue weighted by atomic mass is 16.4. The minimum absolute atomic E-state index is 0.142. The first-order valence-corrected chi connectivity index (χ1v) is 4.58. The van der Waals surface area contributed by atoms with Crippen molar-refractivity contribution in [1.29, 1.82) is 0 Å². The van der Waals surface area contributed by atoms with E-state index in [4.69, 9.17) is 5.11 Å². The van der Waals surface area contributed by atoms with Gasteiger partial charge in [0.15, 0.2) is 0 Å². The van der Waals surface area contributed by atoms with Crippen LogP contribution in [0.4, 0.5) is 5.69 Å². The summed E-state index contributed by atoms with van der Waals surface area (Å²) in [6, 6.07) is 0.270. The van der Waals surface area contributed by atoms with Gasteiger partial charge >= 0.3 is 5.97 Å². The van der Waals surface area contributed by atoms with E-state index >= 15 is 0 Å². The Morgan fingerprint density at radius 1 is 1.71 bits per heavy atom. The van der Waals surface area contributed by atoms with Crippen molar-refractivity contribution < 1.29 is 9.90 Å². The molecule has 2 N–H and O–H groups in total. The van der Waals surface area contributed by atoms with Gasteiger partial charge in [0.25, 0.3) is 0 Å². The number of nitrogens with zero attached hydrogens (tertiary/aromatic N) is 2. The summed E-state index contributed by atoms with van der Waals surface area (Å²) in [6.45, 7) is 4.55. The summed E-state index contributed by atoms with van der Waals surface area (Å²) >= 11 is 0. The summed E-state index contributed by atoms with van der Waals surface area (Å²) in [6.07, 6.45) is 3.60. The lowest BCUT2D eigenvalue weighted by atomic mass is 10.2. The van der Waals surface area contributed by atoms with Gasteiger partial charge in [-0.15, -0.1) is 0 Å². The van der Waals surface area contributed by atoms with Crippen LogP contribution < -0.4 is 4.90 Å². The van der Waals surface area contributed by atoms with Crippen LogP contribution in [-0.4, -0.2) is 33.9 Å². The second kappa shape index (κ2) is 4.64. The Morgan fingerprint density at radius 3 is 2.86 bits per heavy atom. The zero-order valence-electron chi connectivity index (χ0n) is 8.40. The Kier molecular flexibility index (Phi) is 3.50. The van der Waals surface area contributed by atoms with Crippen LogP contribution in [0.15, 0.2) is 12.4 Å². The van der Waals surface area contributed by atoms with Crippen molar-refractivity contribution in [2.24, 2.45) is 0 Å². The number of nitrogens with one attached hydrogen (secondary N) is 1. The van der Waals surface area contributed by atoms with Gasteiger partial charge in [-0.1, -0.05) is 0 Å². The zero-order chi connectivity index (χ0) is 10.6. The molecule has 0 saturated heterocycles. The fraction of sp³-hybridized carbons (Fsp3) is 0.556. The number of aliphatic carboxylic acids is 1. The Labute approximate surface area is 82.7 Å². The number of carboxylic acid groups (broad SMARTS) is 1. The molecule has 78 valence electrons. The fourth-order valence-electron chi connectivity index (χ4n) is 1.30. The van der Waals surface area contributed by atoms with Gasteiger partial charge in [-0.3, -0.25) is 9.89 Å². The monoisotopic (exact) mass is 197 g/mol. The molecule has 14 heavy (non-hydrogen) atoms. The second-order valence-corrected chi connectivity index (χ2v) is 3.39. The molecule has 1 aromatic rings. The number of aromatic amines is 1. The van der Waals surface area contributed by atoms with Crippen LogP contribution >= 0.6 is 0 Å². The molecular weight excluding hydrogens is 182 g/mol. The van der Waals surface area contributed by atoms with Crippen molar-refractivity contribution in [3.63, 3.8) is 0 Å². The highest BCUT2D eigenvalue weighted by Crippen LogP contribution is 2.14. The number of carbonyl (C=O) groups is 1. The molecule has 0 saturated carbocycles. The molecule has 0 aliphatic heterocycles. The Morgan fingerprint density at radius 2 is 2.43 bits per heavy atom. The van der Waals surface area contributed by atoms with E-state index in [1.165, 1.54) is 0 Å². The first-order valence-electron chi connectivity index (χ1n) is 4.58. The van der Waals surface area contributed by atoms with E-state index in [0.29, 0.717) is 6.54 Å². The van der Waals surface area contributed by atoms with Gasteiger partial charge in [-0.25, -0.2) is 0 Å². The minimum Gasteiger partial charge on any atom is -0.481 e. The lowest BCUT2D eigenvalue weighted by Crippen LogP contribution is -2.32. The van der Waals surface area contributed by atoms with E-state index in [-0.39, 0.29) is 12.5 Å². The first kappa shape index (κ1) is 10.6. The van der Waals surface area contributed by atoms with Gasteiger partial charge in [0.2, 0.25) is 0 Å². The van der Waals surface area contributed by atoms with Crippen molar-refractivity contribution in [2.75, 3.05) is 11.4 Å². The standard InChI is InChI=1S/C9H15N3O2/c1-7(2)12(4-3-9(13)14)8-5-10-11-6-8/h5-7H,3-4H2,1-2H3,(H,10,11)(H,13,14). The fourth-order valence-corrected chi connectivity index (χ4v) is 1.30. The minimum atomic E-state index is -0.779. The van der Waals surface area contributed by atoms with Crippen LogP contribution in [0, 0.1) is 0 Å². The molecule has 0 bridgehead atoms. The molecule has 5 nitrogen and oxygen atoms in total. The van der Waals surface area contributed by atoms with E-state index in [1.807, 2.05) is 18.7 Å². The Hall–Kier alpha value is -1.52. The number of anilines is 1. The summed E-state index contributed by atoms with van der Waals surface area (Å²) in [4.78, 5) is 12.4. The summed E-state index contributed by atoms with van der Waals surface area (Å²) in [5.74, 6) is -0.779. The lowest BCUT2D eigenvalue weighted by Gasteiger charge is -2.26. The SMILES string of the molecule is CC(C)N(CCC(=O)O)c1cn[nH]c1. The topological polar surface area (TPSA) is 69.2 Å². The molecule has 1 rings (SSSR count). The van der Waals surface area contributed by atoms with Gasteiger partial charge in [-0.2, -0.15) is 5.10 Å². The van der Waals surface area contributed by atoms with Crippen LogP contribution in [0.2, 0.25) is 0 Å². The highest BCUT2D eigenvalue weighted by molar-refractivity contribution is 5.67. The molecule has 0 amide bonds. The number of hydrogen-bond donors (Lipinski definition) is 2. The van der Waals surface area contributed by atoms with E-state index in [9.17, 15) is 4.79 Å². The van der Waals surface area contributed by atoms with Gasteiger partial charge in [0.05, 0.1) is 18.3 Å². The average Bonchev–Trinajstić information content (AvgIpc) is 2.56. The predicted octanol–water partition coefficient (Wildman–Crippen LogP) is 1.10. The van der Waals surface area contributed by atoms with E-state index in [0.717, 1.165) is 5.69 Å². The van der Waals surface area contributed by atoms with Crippen LogP contribution in [0.25, 0.3) is 0 Å².